The van der Waals surface area contributed by atoms with E-state index in [4.69, 9.17) is 0 Å². The molecule has 0 aliphatic carbocycles. The summed E-state index contributed by atoms with van der Waals surface area (Å²) in [4.78, 5) is 27.2. The minimum atomic E-state index is -0.722. The highest BCUT2D eigenvalue weighted by atomic mass is 16.3. The van der Waals surface area contributed by atoms with E-state index in [-0.39, 0.29) is 17.1 Å². The monoisotopic (exact) mass is 393 g/mol. The van der Waals surface area contributed by atoms with E-state index in [0.29, 0.717) is 17.7 Å². The first-order valence-corrected chi connectivity index (χ1v) is 10.00. The molecule has 0 bridgehead atoms. The number of benzene rings is 2. The summed E-state index contributed by atoms with van der Waals surface area (Å²) >= 11 is 0. The second-order valence-corrected chi connectivity index (χ2v) is 7.59. The van der Waals surface area contributed by atoms with Crippen molar-refractivity contribution in [3.63, 3.8) is 0 Å². The fourth-order valence-electron chi connectivity index (χ4n) is 3.73. The molecule has 0 spiro atoms. The Morgan fingerprint density at radius 2 is 1.79 bits per heavy atom. The number of likely N-dealkylation sites (tertiary alicyclic amines) is 1. The number of phenols is 1. The van der Waals surface area contributed by atoms with Crippen LogP contribution in [-0.2, 0) is 9.59 Å². The summed E-state index contributed by atoms with van der Waals surface area (Å²) in [7, 11) is 0. The predicted octanol–water partition coefficient (Wildman–Crippen LogP) is 4.62. The van der Waals surface area contributed by atoms with Gasteiger partial charge in [-0.25, -0.2) is 0 Å². The Morgan fingerprint density at radius 1 is 1.03 bits per heavy atom. The summed E-state index contributed by atoms with van der Waals surface area (Å²) in [5, 5.41) is 21.0. The molecule has 5 nitrogen and oxygen atoms in total. The first-order chi connectivity index (χ1) is 13.8. The lowest BCUT2D eigenvalue weighted by molar-refractivity contribution is -0.139. The van der Waals surface area contributed by atoms with Gasteiger partial charge in [-0.1, -0.05) is 44.0 Å². The van der Waals surface area contributed by atoms with E-state index >= 15 is 0 Å². The lowest BCUT2D eigenvalue weighted by atomic mass is 9.94. The molecule has 2 aromatic carbocycles. The highest BCUT2D eigenvalue weighted by Gasteiger charge is 2.45. The van der Waals surface area contributed by atoms with E-state index in [0.717, 1.165) is 30.4 Å². The number of aliphatic hydroxyl groups is 1. The van der Waals surface area contributed by atoms with E-state index in [2.05, 4.69) is 6.92 Å². The molecule has 2 aromatic rings. The highest BCUT2D eigenvalue weighted by Crippen LogP contribution is 2.40. The maximum Gasteiger partial charge on any atom is 0.295 e. The van der Waals surface area contributed by atoms with E-state index in [1.807, 2.05) is 26.0 Å². The summed E-state index contributed by atoms with van der Waals surface area (Å²) in [5.41, 5.74) is 3.24. The number of carbonyl (C=O) groups excluding carboxylic acids is 2. The smallest absolute Gasteiger partial charge is 0.295 e. The van der Waals surface area contributed by atoms with Gasteiger partial charge in [-0.05, 0) is 55.2 Å². The number of ketones is 1. The zero-order valence-electron chi connectivity index (χ0n) is 17.1. The van der Waals surface area contributed by atoms with Gasteiger partial charge in [-0.3, -0.25) is 9.59 Å². The Hall–Kier alpha value is -3.08. The van der Waals surface area contributed by atoms with Crippen molar-refractivity contribution in [1.82, 2.24) is 4.90 Å². The quantitative estimate of drug-likeness (QED) is 0.325. The standard InChI is InChI=1S/C24H27NO4/c1-4-5-6-12-25-21(17-8-7-9-19(26)14-17)20(23(28)24(25)29)22(27)18-11-10-15(2)16(3)13-18/h7-11,13-14,21,26-27H,4-6,12H2,1-3H3/b22-20-. The molecule has 3 rings (SSSR count). The number of unbranched alkanes of at least 4 members (excludes halogenated alkanes) is 2. The highest BCUT2D eigenvalue weighted by molar-refractivity contribution is 6.46. The van der Waals surface area contributed by atoms with Gasteiger partial charge in [0.2, 0.25) is 0 Å². The molecule has 1 aliphatic heterocycles. The molecule has 1 aliphatic rings. The van der Waals surface area contributed by atoms with E-state index in [9.17, 15) is 19.8 Å². The van der Waals surface area contributed by atoms with Crippen LogP contribution in [0.4, 0.5) is 0 Å². The summed E-state index contributed by atoms with van der Waals surface area (Å²) < 4.78 is 0. The minimum absolute atomic E-state index is 0.0489. The Bertz CT molecular complexity index is 977. The molecule has 2 N–H and O–H groups in total. The Balaban J connectivity index is 2.14. The van der Waals surface area contributed by atoms with Crippen molar-refractivity contribution in [1.29, 1.82) is 0 Å². The maximum atomic E-state index is 12.9. The molecule has 0 saturated carbocycles. The maximum absolute atomic E-state index is 12.9. The molecule has 5 heteroatoms. The number of hydrogen-bond acceptors (Lipinski definition) is 4. The third kappa shape index (κ3) is 4.04. The molecule has 1 atom stereocenters. The number of hydrogen-bond donors (Lipinski definition) is 2. The third-order valence-electron chi connectivity index (χ3n) is 5.51. The molecule has 1 unspecified atom stereocenters. The number of aromatic hydroxyl groups is 1. The minimum Gasteiger partial charge on any atom is -0.508 e. The van der Waals surface area contributed by atoms with Crippen LogP contribution in [0.15, 0.2) is 48.0 Å². The second kappa shape index (κ2) is 8.52. The normalized spacial score (nSPS) is 18.4. The average Bonchev–Trinajstić information content (AvgIpc) is 2.94. The number of aliphatic hydroxyl groups excluding tert-OH is 1. The molecule has 29 heavy (non-hydrogen) atoms. The number of amides is 1. The Morgan fingerprint density at radius 3 is 2.45 bits per heavy atom. The van der Waals surface area contributed by atoms with E-state index in [1.54, 1.807) is 18.2 Å². The fourth-order valence-corrected chi connectivity index (χ4v) is 3.73. The van der Waals surface area contributed by atoms with Gasteiger partial charge in [0.05, 0.1) is 11.6 Å². The average molecular weight is 393 g/mol. The Labute approximate surface area is 171 Å². The summed E-state index contributed by atoms with van der Waals surface area (Å²) in [6, 6.07) is 11.2. The van der Waals surface area contributed by atoms with Gasteiger partial charge < -0.3 is 15.1 Å². The fraction of sp³-hybridized carbons (Fsp3) is 0.333. The molecule has 1 amide bonds. The van der Waals surface area contributed by atoms with Gasteiger partial charge in [0.15, 0.2) is 0 Å². The number of aryl methyl sites for hydroxylation is 2. The number of carbonyl (C=O) groups is 2. The second-order valence-electron chi connectivity index (χ2n) is 7.59. The van der Waals surface area contributed by atoms with E-state index < -0.39 is 17.7 Å². The third-order valence-corrected chi connectivity index (χ3v) is 5.51. The van der Waals surface area contributed by atoms with E-state index in [1.165, 1.54) is 17.0 Å². The van der Waals surface area contributed by atoms with Crippen LogP contribution in [0.2, 0.25) is 0 Å². The summed E-state index contributed by atoms with van der Waals surface area (Å²) in [6.07, 6.45) is 2.69. The van der Waals surface area contributed by atoms with Crippen LogP contribution in [0, 0.1) is 13.8 Å². The SMILES string of the molecule is CCCCCN1C(=O)C(=O)/C(=C(\O)c2ccc(C)c(C)c2)C1c1cccc(O)c1. The molecule has 1 saturated heterocycles. The van der Waals surface area contributed by atoms with Crippen LogP contribution < -0.4 is 0 Å². The predicted molar refractivity (Wildman–Crippen MR) is 113 cm³/mol. The van der Waals surface area contributed by atoms with Gasteiger partial charge in [0, 0.05) is 12.1 Å². The van der Waals surface area contributed by atoms with Crippen molar-refractivity contribution >= 4 is 17.4 Å². The van der Waals surface area contributed by atoms with Crippen molar-refractivity contribution in [2.45, 2.75) is 46.1 Å². The van der Waals surface area contributed by atoms with Gasteiger partial charge in [-0.15, -0.1) is 0 Å². The number of Topliss-reactive ketones (excluding diaryl/α,β-unsaturated/α-hetero) is 1. The number of nitrogens with zero attached hydrogens (tertiary/aromatic N) is 1. The van der Waals surface area contributed by atoms with Crippen LogP contribution in [0.5, 0.6) is 5.75 Å². The Kier molecular flexibility index (Phi) is 6.06. The number of rotatable bonds is 6. The number of phenolic OH excluding ortho intramolecular Hbond substituents is 1. The van der Waals surface area contributed by atoms with Crippen molar-refractivity contribution in [3.05, 3.63) is 70.3 Å². The molecule has 152 valence electrons. The van der Waals surface area contributed by atoms with Crippen molar-refractivity contribution in [2.75, 3.05) is 6.54 Å². The van der Waals surface area contributed by atoms with Gasteiger partial charge in [0.25, 0.3) is 11.7 Å². The van der Waals surface area contributed by atoms with Crippen molar-refractivity contribution < 1.29 is 19.8 Å². The molecule has 1 heterocycles. The molecular weight excluding hydrogens is 366 g/mol. The zero-order valence-corrected chi connectivity index (χ0v) is 17.1. The molecule has 1 fully saturated rings. The van der Waals surface area contributed by atoms with Crippen LogP contribution in [-0.4, -0.2) is 33.3 Å². The molecular formula is C24H27NO4. The van der Waals surface area contributed by atoms with Gasteiger partial charge in [0.1, 0.15) is 11.5 Å². The summed E-state index contributed by atoms with van der Waals surface area (Å²) in [5.74, 6) is -1.43. The molecule has 0 aromatic heterocycles. The first-order valence-electron chi connectivity index (χ1n) is 10.00. The van der Waals surface area contributed by atoms with Crippen LogP contribution in [0.3, 0.4) is 0 Å². The van der Waals surface area contributed by atoms with Gasteiger partial charge in [-0.2, -0.15) is 0 Å². The molecule has 0 radical (unpaired) electrons. The van der Waals surface area contributed by atoms with Crippen LogP contribution >= 0.6 is 0 Å². The first kappa shape index (κ1) is 20.6. The lowest BCUT2D eigenvalue weighted by Gasteiger charge is -2.25. The van der Waals surface area contributed by atoms with Crippen molar-refractivity contribution in [2.24, 2.45) is 0 Å². The largest absolute Gasteiger partial charge is 0.508 e. The van der Waals surface area contributed by atoms with Crippen molar-refractivity contribution in [3.8, 4) is 5.75 Å². The van der Waals surface area contributed by atoms with Crippen LogP contribution in [0.1, 0.15) is 54.5 Å². The lowest BCUT2D eigenvalue weighted by Crippen LogP contribution is -2.30. The topological polar surface area (TPSA) is 77.8 Å². The summed E-state index contributed by atoms with van der Waals surface area (Å²) in [6.45, 7) is 6.39. The zero-order chi connectivity index (χ0) is 21.1. The van der Waals surface area contributed by atoms with Crippen LogP contribution in [0.25, 0.3) is 5.76 Å². The van der Waals surface area contributed by atoms with Gasteiger partial charge >= 0.3 is 0 Å².